The fourth-order valence-corrected chi connectivity index (χ4v) is 4.58. The Labute approximate surface area is 198 Å². The highest BCUT2D eigenvalue weighted by Gasteiger charge is 2.21. The Morgan fingerprint density at radius 1 is 0.588 bits per heavy atom. The number of hydrogen-bond acceptors (Lipinski definition) is 3. The van der Waals surface area contributed by atoms with Gasteiger partial charge in [0, 0.05) is 22.0 Å². The highest BCUT2D eigenvalue weighted by Crippen LogP contribution is 2.45. The third-order valence-corrected chi connectivity index (χ3v) is 6.18. The van der Waals surface area contributed by atoms with E-state index in [9.17, 15) is 0 Å². The predicted molar refractivity (Wildman–Crippen MR) is 140 cm³/mol. The van der Waals surface area contributed by atoms with E-state index in [1.807, 2.05) is 30.3 Å². The highest BCUT2D eigenvalue weighted by molar-refractivity contribution is 6.10. The summed E-state index contributed by atoms with van der Waals surface area (Å²) in [5.41, 5.74) is 7.14. The van der Waals surface area contributed by atoms with E-state index in [1.165, 1.54) is 0 Å². The lowest BCUT2D eigenvalue weighted by Crippen LogP contribution is -2.11. The first-order valence-corrected chi connectivity index (χ1v) is 11.3. The molecule has 3 nitrogen and oxygen atoms in total. The van der Waals surface area contributed by atoms with Crippen LogP contribution in [0.4, 0.5) is 17.1 Å². The van der Waals surface area contributed by atoms with Crippen LogP contribution in [-0.4, -0.2) is 7.11 Å². The van der Waals surface area contributed by atoms with Gasteiger partial charge in [-0.1, -0.05) is 78.9 Å². The topological polar surface area (TPSA) is 25.6 Å². The van der Waals surface area contributed by atoms with Crippen molar-refractivity contribution in [2.45, 2.75) is 0 Å². The summed E-state index contributed by atoms with van der Waals surface area (Å²) in [4.78, 5) is 2.27. The minimum atomic E-state index is 0.821. The fourth-order valence-electron chi connectivity index (χ4n) is 4.58. The molecule has 0 radical (unpaired) electrons. The number of fused-ring (bicyclic) bond motifs is 3. The molecule has 0 saturated carbocycles. The lowest BCUT2D eigenvalue weighted by molar-refractivity contribution is 0.415. The average Bonchev–Trinajstić information content (AvgIpc) is 3.30. The number of ether oxygens (including phenoxy) is 1. The number of rotatable bonds is 5. The summed E-state index contributed by atoms with van der Waals surface area (Å²) in [5.74, 6) is 0.821. The maximum Gasteiger partial charge on any atom is 0.159 e. The Balaban J connectivity index is 1.65. The monoisotopic (exact) mass is 441 g/mol. The number of anilines is 3. The molecular weight excluding hydrogens is 418 g/mol. The van der Waals surface area contributed by atoms with Crippen molar-refractivity contribution >= 4 is 39.0 Å². The largest absolute Gasteiger partial charge is 0.497 e. The number of para-hydroxylation sites is 3. The molecule has 34 heavy (non-hydrogen) atoms. The molecule has 6 rings (SSSR count). The predicted octanol–water partition coefficient (Wildman–Crippen LogP) is 8.73. The summed E-state index contributed by atoms with van der Waals surface area (Å²) < 4.78 is 11.9. The zero-order chi connectivity index (χ0) is 22.9. The van der Waals surface area contributed by atoms with E-state index in [-0.39, 0.29) is 0 Å². The van der Waals surface area contributed by atoms with Crippen LogP contribution in [0.1, 0.15) is 0 Å². The molecule has 0 aliphatic heterocycles. The first-order valence-electron chi connectivity index (χ1n) is 11.3. The number of benzene rings is 5. The lowest BCUT2D eigenvalue weighted by Gasteiger charge is -2.28. The second-order valence-electron chi connectivity index (χ2n) is 8.17. The van der Waals surface area contributed by atoms with E-state index in [2.05, 4.69) is 95.9 Å². The molecule has 0 fully saturated rings. The zero-order valence-corrected chi connectivity index (χ0v) is 18.8. The Bertz CT molecular complexity index is 1580. The Morgan fingerprint density at radius 3 is 2.09 bits per heavy atom. The number of nitrogens with zero attached hydrogens (tertiary/aromatic N) is 1. The molecule has 6 aromatic rings. The van der Waals surface area contributed by atoms with Crippen LogP contribution in [0.2, 0.25) is 0 Å². The van der Waals surface area contributed by atoms with Gasteiger partial charge in [-0.3, -0.25) is 0 Å². The first kappa shape index (κ1) is 20.1. The van der Waals surface area contributed by atoms with Crippen LogP contribution in [-0.2, 0) is 0 Å². The van der Waals surface area contributed by atoms with Crippen molar-refractivity contribution in [3.63, 3.8) is 0 Å². The van der Waals surface area contributed by atoms with Gasteiger partial charge in [0.1, 0.15) is 11.3 Å². The molecule has 1 aromatic heterocycles. The minimum Gasteiger partial charge on any atom is -0.497 e. The number of hydrogen-bond donors (Lipinski definition) is 0. The maximum absolute atomic E-state index is 6.43. The Morgan fingerprint density at radius 2 is 1.26 bits per heavy atom. The van der Waals surface area contributed by atoms with Gasteiger partial charge in [-0.15, -0.1) is 0 Å². The van der Waals surface area contributed by atoms with Gasteiger partial charge < -0.3 is 14.1 Å². The summed E-state index contributed by atoms with van der Waals surface area (Å²) in [6.45, 7) is 0. The van der Waals surface area contributed by atoms with Crippen molar-refractivity contribution in [3.05, 3.63) is 121 Å². The van der Waals surface area contributed by atoms with E-state index in [0.29, 0.717) is 0 Å². The maximum atomic E-state index is 6.43. The van der Waals surface area contributed by atoms with Crippen LogP contribution in [0.5, 0.6) is 5.75 Å². The summed E-state index contributed by atoms with van der Waals surface area (Å²) in [6, 6.07) is 41.7. The molecule has 0 spiro atoms. The number of methoxy groups -OCH3 is 1. The van der Waals surface area contributed by atoms with E-state index in [0.717, 1.165) is 55.9 Å². The van der Waals surface area contributed by atoms with Gasteiger partial charge in [-0.25, -0.2) is 0 Å². The van der Waals surface area contributed by atoms with Gasteiger partial charge in [0.05, 0.1) is 18.5 Å². The van der Waals surface area contributed by atoms with Crippen LogP contribution >= 0.6 is 0 Å². The van der Waals surface area contributed by atoms with Gasteiger partial charge >= 0.3 is 0 Å². The van der Waals surface area contributed by atoms with Crippen LogP contribution in [0, 0.1) is 0 Å². The van der Waals surface area contributed by atoms with Gasteiger partial charge in [-0.2, -0.15) is 0 Å². The highest BCUT2D eigenvalue weighted by atomic mass is 16.5. The molecule has 0 N–H and O–H groups in total. The summed E-state index contributed by atoms with van der Waals surface area (Å²) >= 11 is 0. The SMILES string of the molecule is COc1ccc(N(c2ccccc2-c2ccccc2)c2cccc3c2oc2ccccc23)cc1. The molecule has 0 amide bonds. The second-order valence-corrected chi connectivity index (χ2v) is 8.17. The van der Waals surface area contributed by atoms with E-state index in [4.69, 9.17) is 9.15 Å². The lowest BCUT2D eigenvalue weighted by atomic mass is 10.0. The molecule has 1 heterocycles. The molecule has 0 unspecified atom stereocenters. The molecule has 3 heteroatoms. The van der Waals surface area contributed by atoms with Gasteiger partial charge in [0.25, 0.3) is 0 Å². The molecule has 0 atom stereocenters. The van der Waals surface area contributed by atoms with E-state index < -0.39 is 0 Å². The van der Waals surface area contributed by atoms with Crippen molar-refractivity contribution in [1.29, 1.82) is 0 Å². The third-order valence-electron chi connectivity index (χ3n) is 6.18. The van der Waals surface area contributed by atoms with Crippen molar-refractivity contribution < 1.29 is 9.15 Å². The smallest absolute Gasteiger partial charge is 0.159 e. The molecule has 0 saturated heterocycles. The Kier molecular flexibility index (Phi) is 5.00. The van der Waals surface area contributed by atoms with Gasteiger partial charge in [0.2, 0.25) is 0 Å². The molecule has 0 bridgehead atoms. The van der Waals surface area contributed by atoms with Crippen molar-refractivity contribution in [3.8, 4) is 16.9 Å². The van der Waals surface area contributed by atoms with Crippen LogP contribution in [0.15, 0.2) is 126 Å². The molecule has 5 aromatic carbocycles. The van der Waals surface area contributed by atoms with Crippen LogP contribution < -0.4 is 9.64 Å². The van der Waals surface area contributed by atoms with E-state index in [1.54, 1.807) is 7.11 Å². The summed E-state index contributed by atoms with van der Waals surface area (Å²) in [5, 5.41) is 2.22. The Hall–Kier alpha value is -4.50. The van der Waals surface area contributed by atoms with Crippen LogP contribution in [0.25, 0.3) is 33.1 Å². The summed E-state index contributed by atoms with van der Waals surface area (Å²) in [6.07, 6.45) is 0. The minimum absolute atomic E-state index is 0.821. The fraction of sp³-hybridized carbons (Fsp3) is 0.0323. The molecular formula is C31H23NO2. The average molecular weight is 442 g/mol. The summed E-state index contributed by atoms with van der Waals surface area (Å²) in [7, 11) is 1.69. The second kappa shape index (κ2) is 8.45. The van der Waals surface area contributed by atoms with Crippen molar-refractivity contribution in [1.82, 2.24) is 0 Å². The molecule has 164 valence electrons. The first-order chi connectivity index (χ1) is 16.8. The zero-order valence-electron chi connectivity index (χ0n) is 18.8. The van der Waals surface area contributed by atoms with Gasteiger partial charge in [0.15, 0.2) is 5.58 Å². The standard InChI is InChI=1S/C31H23NO2/c1-33-24-20-18-23(19-21-24)32(28-15-7-5-12-25(28)22-10-3-2-4-11-22)29-16-9-14-27-26-13-6-8-17-30(26)34-31(27)29/h2-21H,1H3. The van der Waals surface area contributed by atoms with Crippen molar-refractivity contribution in [2.24, 2.45) is 0 Å². The third kappa shape index (κ3) is 3.39. The molecule has 0 aliphatic carbocycles. The van der Waals surface area contributed by atoms with Crippen LogP contribution in [0.3, 0.4) is 0 Å². The number of furan rings is 1. The van der Waals surface area contributed by atoms with E-state index >= 15 is 0 Å². The van der Waals surface area contributed by atoms with Gasteiger partial charge in [-0.05, 0) is 48.0 Å². The van der Waals surface area contributed by atoms with Crippen molar-refractivity contribution in [2.75, 3.05) is 12.0 Å². The normalized spacial score (nSPS) is 11.1. The quantitative estimate of drug-likeness (QED) is 0.267. The molecule has 0 aliphatic rings.